The van der Waals surface area contributed by atoms with Crippen molar-refractivity contribution in [2.24, 2.45) is 0 Å². The number of anilines is 1. The number of carbonyl (C=O) groups excluding carboxylic acids is 2. The highest BCUT2D eigenvalue weighted by Crippen LogP contribution is 2.31. The fourth-order valence-corrected chi connectivity index (χ4v) is 2.94. The topological polar surface area (TPSA) is 61.4 Å². The van der Waals surface area contributed by atoms with Crippen molar-refractivity contribution in [1.82, 2.24) is 10.6 Å². The largest absolute Gasteiger partial charge is 0.345 e. The van der Waals surface area contributed by atoms with E-state index in [9.17, 15) is 9.59 Å². The van der Waals surface area contributed by atoms with Crippen LogP contribution in [0.3, 0.4) is 0 Å². The molecule has 2 fully saturated rings. The minimum Gasteiger partial charge on any atom is -0.345 e. The number of benzene rings is 1. The molecule has 3 rings (SSSR count). The molecular weight excluding hydrogens is 254 g/mol. The van der Waals surface area contributed by atoms with Crippen molar-refractivity contribution in [3.05, 3.63) is 29.8 Å². The summed E-state index contributed by atoms with van der Waals surface area (Å²) in [5, 5.41) is 6.07. The fourth-order valence-electron chi connectivity index (χ4n) is 2.94. The van der Waals surface area contributed by atoms with Gasteiger partial charge in [-0.15, -0.1) is 0 Å². The first kappa shape index (κ1) is 13.1. The van der Waals surface area contributed by atoms with Gasteiger partial charge in [-0.05, 0) is 44.0 Å². The molecule has 2 saturated heterocycles. The van der Waals surface area contributed by atoms with E-state index in [1.807, 2.05) is 24.3 Å². The van der Waals surface area contributed by atoms with Gasteiger partial charge >= 0.3 is 0 Å². The highest BCUT2D eigenvalue weighted by Gasteiger charge is 2.30. The number of rotatable bonds is 2. The van der Waals surface area contributed by atoms with Gasteiger partial charge in [0.25, 0.3) is 0 Å². The van der Waals surface area contributed by atoms with Crippen molar-refractivity contribution < 1.29 is 9.59 Å². The Kier molecular flexibility index (Phi) is 3.22. The van der Waals surface area contributed by atoms with Gasteiger partial charge in [0, 0.05) is 11.2 Å². The Bertz CT molecular complexity index is 533. The van der Waals surface area contributed by atoms with E-state index in [1.54, 1.807) is 0 Å². The Labute approximate surface area is 118 Å². The molecule has 2 N–H and O–H groups in total. The van der Waals surface area contributed by atoms with E-state index < -0.39 is 0 Å². The van der Waals surface area contributed by atoms with Crippen LogP contribution in [-0.2, 0) is 15.1 Å². The zero-order chi connectivity index (χ0) is 14.2. The van der Waals surface area contributed by atoms with Crippen LogP contribution in [0.1, 0.15) is 25.3 Å². The second-order valence-electron chi connectivity index (χ2n) is 5.67. The number of amides is 2. The predicted molar refractivity (Wildman–Crippen MR) is 76.4 cm³/mol. The van der Waals surface area contributed by atoms with E-state index in [1.165, 1.54) is 16.9 Å². The highest BCUT2D eigenvalue weighted by molar-refractivity contribution is 6.04. The van der Waals surface area contributed by atoms with Crippen molar-refractivity contribution in [2.75, 3.05) is 24.5 Å². The SMILES string of the molecule is CC1(c2ccc(N3CC(=O)NCC3=O)cc2)CCCN1. The number of hydrogen-bond acceptors (Lipinski definition) is 3. The molecule has 1 unspecified atom stereocenters. The second kappa shape index (κ2) is 4.90. The third-order valence-corrected chi connectivity index (χ3v) is 4.22. The van der Waals surface area contributed by atoms with E-state index >= 15 is 0 Å². The molecule has 2 aliphatic heterocycles. The van der Waals surface area contributed by atoms with Gasteiger partial charge in [-0.2, -0.15) is 0 Å². The van der Waals surface area contributed by atoms with Crippen molar-refractivity contribution >= 4 is 17.5 Å². The lowest BCUT2D eigenvalue weighted by Gasteiger charge is -2.28. The molecule has 0 aliphatic carbocycles. The molecule has 5 heteroatoms. The molecule has 1 atom stereocenters. The molecule has 0 saturated carbocycles. The summed E-state index contributed by atoms with van der Waals surface area (Å²) < 4.78 is 0. The van der Waals surface area contributed by atoms with E-state index in [0.29, 0.717) is 0 Å². The lowest BCUT2D eigenvalue weighted by molar-refractivity contribution is -0.128. The molecular formula is C15H19N3O2. The molecule has 2 heterocycles. The minimum atomic E-state index is -0.113. The van der Waals surface area contributed by atoms with Crippen molar-refractivity contribution in [3.8, 4) is 0 Å². The average Bonchev–Trinajstić information content (AvgIpc) is 2.90. The van der Waals surface area contributed by atoms with Crippen LogP contribution in [0.5, 0.6) is 0 Å². The minimum absolute atomic E-state index is 0.0296. The number of nitrogens with zero attached hydrogens (tertiary/aromatic N) is 1. The first-order valence-corrected chi connectivity index (χ1v) is 7.01. The first-order chi connectivity index (χ1) is 9.58. The Balaban J connectivity index is 1.82. The molecule has 0 spiro atoms. The highest BCUT2D eigenvalue weighted by atomic mass is 16.2. The van der Waals surface area contributed by atoms with E-state index in [0.717, 1.165) is 18.7 Å². The standard InChI is InChI=1S/C15H19N3O2/c1-15(7-2-8-17-15)11-3-5-12(6-4-11)18-10-13(19)16-9-14(18)20/h3-6,17H,2,7-10H2,1H3,(H,16,19). The quantitative estimate of drug-likeness (QED) is 0.836. The molecule has 5 nitrogen and oxygen atoms in total. The maximum atomic E-state index is 11.8. The zero-order valence-electron chi connectivity index (χ0n) is 11.6. The van der Waals surface area contributed by atoms with Crippen LogP contribution in [0.15, 0.2) is 24.3 Å². The van der Waals surface area contributed by atoms with Gasteiger partial charge in [-0.1, -0.05) is 12.1 Å². The number of hydrogen-bond donors (Lipinski definition) is 2. The summed E-state index contributed by atoms with van der Waals surface area (Å²) in [5.41, 5.74) is 2.05. The van der Waals surface area contributed by atoms with Crippen LogP contribution < -0.4 is 15.5 Å². The lowest BCUT2D eigenvalue weighted by atomic mass is 9.90. The molecule has 1 aromatic carbocycles. The predicted octanol–water partition coefficient (Wildman–Crippen LogP) is 0.748. The summed E-state index contributed by atoms with van der Waals surface area (Å²) in [6, 6.07) is 7.95. The van der Waals surface area contributed by atoms with Crippen LogP contribution in [0.4, 0.5) is 5.69 Å². The Morgan fingerprint density at radius 3 is 2.60 bits per heavy atom. The third-order valence-electron chi connectivity index (χ3n) is 4.22. The average molecular weight is 273 g/mol. The molecule has 0 bridgehead atoms. The molecule has 0 aromatic heterocycles. The van der Waals surface area contributed by atoms with Gasteiger partial charge < -0.3 is 15.5 Å². The summed E-state index contributed by atoms with van der Waals surface area (Å²) >= 11 is 0. The molecule has 106 valence electrons. The van der Waals surface area contributed by atoms with Gasteiger partial charge in [0.1, 0.15) is 6.54 Å². The third kappa shape index (κ3) is 2.29. The van der Waals surface area contributed by atoms with E-state index in [2.05, 4.69) is 17.6 Å². The van der Waals surface area contributed by atoms with Crippen LogP contribution in [0.2, 0.25) is 0 Å². The normalized spacial score (nSPS) is 26.8. The van der Waals surface area contributed by atoms with Gasteiger partial charge in [0.05, 0.1) is 6.54 Å². The molecule has 0 radical (unpaired) electrons. The number of carbonyl (C=O) groups is 2. The first-order valence-electron chi connectivity index (χ1n) is 7.01. The van der Waals surface area contributed by atoms with Gasteiger partial charge in [0.2, 0.25) is 11.8 Å². The maximum Gasteiger partial charge on any atom is 0.246 e. The lowest BCUT2D eigenvalue weighted by Crippen LogP contribution is -2.51. The molecule has 2 amide bonds. The van der Waals surface area contributed by atoms with Gasteiger partial charge in [-0.3, -0.25) is 9.59 Å². The van der Waals surface area contributed by atoms with Crippen LogP contribution in [0, 0.1) is 0 Å². The summed E-state index contributed by atoms with van der Waals surface area (Å²) in [5.74, 6) is -0.180. The van der Waals surface area contributed by atoms with Crippen LogP contribution >= 0.6 is 0 Å². The van der Waals surface area contributed by atoms with Crippen molar-refractivity contribution in [2.45, 2.75) is 25.3 Å². The Morgan fingerprint density at radius 2 is 1.95 bits per heavy atom. The monoisotopic (exact) mass is 273 g/mol. The smallest absolute Gasteiger partial charge is 0.246 e. The van der Waals surface area contributed by atoms with Gasteiger partial charge in [-0.25, -0.2) is 0 Å². The Morgan fingerprint density at radius 1 is 1.20 bits per heavy atom. The molecule has 1 aromatic rings. The number of nitrogens with one attached hydrogen (secondary N) is 2. The fraction of sp³-hybridized carbons (Fsp3) is 0.467. The summed E-state index contributed by atoms with van der Waals surface area (Å²) in [4.78, 5) is 24.8. The maximum absolute atomic E-state index is 11.8. The Hall–Kier alpha value is -1.88. The molecule has 20 heavy (non-hydrogen) atoms. The summed E-state index contributed by atoms with van der Waals surface area (Å²) in [6.07, 6.45) is 2.31. The van der Waals surface area contributed by atoms with Gasteiger partial charge in [0.15, 0.2) is 0 Å². The van der Waals surface area contributed by atoms with Crippen LogP contribution in [-0.4, -0.2) is 31.4 Å². The number of piperazine rings is 1. The van der Waals surface area contributed by atoms with E-state index in [-0.39, 0.29) is 30.4 Å². The summed E-state index contributed by atoms with van der Waals surface area (Å²) in [6.45, 7) is 3.44. The van der Waals surface area contributed by atoms with Crippen molar-refractivity contribution in [3.63, 3.8) is 0 Å². The van der Waals surface area contributed by atoms with Crippen molar-refractivity contribution in [1.29, 1.82) is 0 Å². The second-order valence-corrected chi connectivity index (χ2v) is 5.67. The molecule has 2 aliphatic rings. The summed E-state index contributed by atoms with van der Waals surface area (Å²) in [7, 11) is 0. The zero-order valence-corrected chi connectivity index (χ0v) is 11.6. The van der Waals surface area contributed by atoms with Crippen LogP contribution in [0.25, 0.3) is 0 Å². The van der Waals surface area contributed by atoms with E-state index in [4.69, 9.17) is 0 Å².